The molecule has 0 saturated carbocycles. The Morgan fingerprint density at radius 1 is 1.33 bits per heavy atom. The number of aryl methyl sites for hydroxylation is 1. The molecule has 120 valence electrons. The highest BCUT2D eigenvalue weighted by Gasteiger charge is 2.30. The molecule has 0 fully saturated rings. The minimum absolute atomic E-state index is 0.0740. The topological polar surface area (TPSA) is 75.6 Å². The summed E-state index contributed by atoms with van der Waals surface area (Å²) >= 11 is 0. The molecule has 0 aliphatic rings. The molecule has 1 atom stereocenters. The predicted octanol–water partition coefficient (Wildman–Crippen LogP) is 2.08. The van der Waals surface area contributed by atoms with Crippen molar-refractivity contribution in [3.63, 3.8) is 0 Å². The van der Waals surface area contributed by atoms with Crippen LogP contribution in [0.1, 0.15) is 32.8 Å². The lowest BCUT2D eigenvalue weighted by molar-refractivity contribution is 0.214. The van der Waals surface area contributed by atoms with Crippen LogP contribution >= 0.6 is 0 Å². The Morgan fingerprint density at radius 2 is 1.95 bits per heavy atom. The van der Waals surface area contributed by atoms with Gasteiger partial charge in [0.1, 0.15) is 10.6 Å². The molecule has 1 rings (SSSR count). The van der Waals surface area contributed by atoms with Crippen LogP contribution in [0.3, 0.4) is 0 Å². The maximum absolute atomic E-state index is 12.6. The lowest BCUT2D eigenvalue weighted by atomic mass is 9.86. The number of methoxy groups -OCH3 is 1. The second kappa shape index (κ2) is 6.77. The van der Waals surface area contributed by atoms with Gasteiger partial charge in [0.05, 0.1) is 7.11 Å². The van der Waals surface area contributed by atoms with Gasteiger partial charge in [-0.1, -0.05) is 26.8 Å². The Morgan fingerprint density at radius 3 is 2.43 bits per heavy atom. The number of aliphatic hydroxyl groups is 1. The number of hydrogen-bond donors (Lipinski definition) is 2. The van der Waals surface area contributed by atoms with Gasteiger partial charge in [-0.3, -0.25) is 0 Å². The zero-order valence-electron chi connectivity index (χ0n) is 13.3. The monoisotopic (exact) mass is 315 g/mol. The van der Waals surface area contributed by atoms with Crippen LogP contribution in [0.4, 0.5) is 0 Å². The van der Waals surface area contributed by atoms with Crippen LogP contribution in [0.2, 0.25) is 0 Å². The lowest BCUT2D eigenvalue weighted by Gasteiger charge is -2.31. The maximum Gasteiger partial charge on any atom is 0.244 e. The largest absolute Gasteiger partial charge is 0.495 e. The second-order valence-corrected chi connectivity index (χ2v) is 7.89. The van der Waals surface area contributed by atoms with E-state index in [4.69, 9.17) is 9.84 Å². The van der Waals surface area contributed by atoms with Crippen molar-refractivity contribution in [1.29, 1.82) is 0 Å². The van der Waals surface area contributed by atoms with E-state index in [9.17, 15) is 8.42 Å². The van der Waals surface area contributed by atoms with Crippen molar-refractivity contribution in [3.05, 3.63) is 23.8 Å². The van der Waals surface area contributed by atoms with E-state index in [1.165, 1.54) is 7.11 Å². The summed E-state index contributed by atoms with van der Waals surface area (Å²) in [6, 6.07) is 4.66. The van der Waals surface area contributed by atoms with E-state index in [2.05, 4.69) is 4.72 Å². The van der Waals surface area contributed by atoms with Crippen LogP contribution < -0.4 is 9.46 Å². The molecule has 6 heteroatoms. The van der Waals surface area contributed by atoms with Gasteiger partial charge in [0, 0.05) is 12.6 Å². The molecular weight excluding hydrogens is 290 g/mol. The van der Waals surface area contributed by atoms with Gasteiger partial charge in [0.25, 0.3) is 0 Å². The van der Waals surface area contributed by atoms with Gasteiger partial charge in [-0.2, -0.15) is 0 Å². The number of sulfonamides is 1. The van der Waals surface area contributed by atoms with Gasteiger partial charge in [0.15, 0.2) is 0 Å². The Labute approximate surface area is 127 Å². The van der Waals surface area contributed by atoms with E-state index in [-0.39, 0.29) is 23.0 Å². The molecule has 0 aliphatic carbocycles. The smallest absolute Gasteiger partial charge is 0.244 e. The summed E-state index contributed by atoms with van der Waals surface area (Å²) in [5.41, 5.74) is 0.540. The van der Waals surface area contributed by atoms with Crippen molar-refractivity contribution < 1.29 is 18.3 Å². The summed E-state index contributed by atoms with van der Waals surface area (Å²) in [5.74, 6) is 0.310. The average Bonchev–Trinajstić information content (AvgIpc) is 2.37. The Kier molecular flexibility index (Phi) is 5.78. The van der Waals surface area contributed by atoms with Gasteiger partial charge in [-0.15, -0.1) is 0 Å². The van der Waals surface area contributed by atoms with Crippen LogP contribution in [-0.2, 0) is 10.0 Å². The lowest BCUT2D eigenvalue weighted by Crippen LogP contribution is -2.44. The Hall–Kier alpha value is -1.11. The molecule has 0 saturated heterocycles. The van der Waals surface area contributed by atoms with Crippen molar-refractivity contribution in [1.82, 2.24) is 4.72 Å². The highest BCUT2D eigenvalue weighted by atomic mass is 32.2. The highest BCUT2D eigenvalue weighted by Crippen LogP contribution is 2.28. The Balaban J connectivity index is 3.19. The molecule has 1 aromatic carbocycles. The third-order valence-corrected chi connectivity index (χ3v) is 4.86. The van der Waals surface area contributed by atoms with E-state index in [0.717, 1.165) is 5.56 Å². The fourth-order valence-electron chi connectivity index (χ4n) is 2.04. The van der Waals surface area contributed by atoms with Crippen molar-refractivity contribution >= 4 is 10.0 Å². The normalized spacial score (nSPS) is 14.0. The Bertz CT molecular complexity index is 576. The quantitative estimate of drug-likeness (QED) is 0.843. The SMILES string of the molecule is COc1ccc(C)cc1S(=O)(=O)NC(CCO)C(C)(C)C. The van der Waals surface area contributed by atoms with E-state index < -0.39 is 10.0 Å². The van der Waals surface area contributed by atoms with Crippen molar-refractivity contribution in [3.8, 4) is 5.75 Å². The molecule has 0 heterocycles. The van der Waals surface area contributed by atoms with E-state index >= 15 is 0 Å². The van der Waals surface area contributed by atoms with Crippen molar-refractivity contribution in [2.45, 2.75) is 45.1 Å². The fraction of sp³-hybridized carbons (Fsp3) is 0.600. The third-order valence-electron chi connectivity index (χ3n) is 3.37. The molecule has 0 aromatic heterocycles. The summed E-state index contributed by atoms with van der Waals surface area (Å²) in [6.45, 7) is 7.55. The van der Waals surface area contributed by atoms with Crippen LogP contribution in [0.15, 0.2) is 23.1 Å². The first-order valence-corrected chi connectivity index (χ1v) is 8.38. The van der Waals surface area contributed by atoms with Crippen molar-refractivity contribution in [2.24, 2.45) is 5.41 Å². The number of hydrogen-bond acceptors (Lipinski definition) is 4. The molecule has 0 amide bonds. The van der Waals surface area contributed by atoms with Crippen molar-refractivity contribution in [2.75, 3.05) is 13.7 Å². The number of rotatable bonds is 6. The molecule has 0 bridgehead atoms. The number of aliphatic hydroxyl groups excluding tert-OH is 1. The number of ether oxygens (including phenoxy) is 1. The zero-order chi connectivity index (χ0) is 16.3. The van der Waals surface area contributed by atoms with Crippen LogP contribution in [0, 0.1) is 12.3 Å². The molecule has 21 heavy (non-hydrogen) atoms. The highest BCUT2D eigenvalue weighted by molar-refractivity contribution is 7.89. The first-order chi connectivity index (χ1) is 9.61. The zero-order valence-corrected chi connectivity index (χ0v) is 14.1. The molecular formula is C15H25NO4S. The molecule has 2 N–H and O–H groups in total. The standard InChI is InChI=1S/C15H25NO4S/c1-11-6-7-12(20-5)13(10-11)21(18,19)16-14(8-9-17)15(2,3)4/h6-7,10,14,16-17H,8-9H2,1-5H3. The summed E-state index contributed by atoms with van der Waals surface area (Å²) < 4.78 is 33.1. The van der Waals surface area contributed by atoms with Gasteiger partial charge in [-0.25, -0.2) is 13.1 Å². The fourth-order valence-corrected chi connectivity index (χ4v) is 3.77. The first-order valence-electron chi connectivity index (χ1n) is 6.89. The van der Waals surface area contributed by atoms with Gasteiger partial charge < -0.3 is 9.84 Å². The molecule has 0 spiro atoms. The average molecular weight is 315 g/mol. The summed E-state index contributed by atoms with van der Waals surface area (Å²) in [7, 11) is -2.27. The van der Waals surface area contributed by atoms with Gasteiger partial charge in [0.2, 0.25) is 10.0 Å². The summed E-state index contributed by atoms with van der Waals surface area (Å²) in [4.78, 5) is 0.122. The molecule has 0 aliphatic heterocycles. The molecule has 1 aromatic rings. The van der Waals surface area contributed by atoms with Crippen LogP contribution in [-0.4, -0.2) is 33.3 Å². The minimum Gasteiger partial charge on any atom is -0.495 e. The summed E-state index contributed by atoms with van der Waals surface area (Å²) in [6.07, 6.45) is 0.358. The summed E-state index contributed by atoms with van der Waals surface area (Å²) in [5, 5.41) is 9.15. The maximum atomic E-state index is 12.6. The van der Waals surface area contributed by atoms with E-state index in [0.29, 0.717) is 12.2 Å². The van der Waals surface area contributed by atoms with Crippen LogP contribution in [0.25, 0.3) is 0 Å². The van der Waals surface area contributed by atoms with E-state index in [1.807, 2.05) is 27.7 Å². The molecule has 1 unspecified atom stereocenters. The minimum atomic E-state index is -3.72. The molecule has 5 nitrogen and oxygen atoms in total. The molecule has 0 radical (unpaired) electrons. The van der Waals surface area contributed by atoms with Crippen LogP contribution in [0.5, 0.6) is 5.75 Å². The third kappa shape index (κ3) is 4.69. The first kappa shape index (κ1) is 17.9. The predicted molar refractivity (Wildman–Crippen MR) is 83.0 cm³/mol. The van der Waals surface area contributed by atoms with E-state index in [1.54, 1.807) is 18.2 Å². The number of benzene rings is 1. The van der Waals surface area contributed by atoms with Gasteiger partial charge in [-0.05, 0) is 36.5 Å². The second-order valence-electron chi connectivity index (χ2n) is 6.21. The number of nitrogens with one attached hydrogen (secondary N) is 1. The van der Waals surface area contributed by atoms with Gasteiger partial charge >= 0.3 is 0 Å².